The largest absolute Gasteiger partial charge is 0.508 e. The molecule has 0 aliphatic heterocycles. The van der Waals surface area contributed by atoms with Gasteiger partial charge in [0.2, 0.25) is 0 Å². The minimum absolute atomic E-state index is 0.150. The summed E-state index contributed by atoms with van der Waals surface area (Å²) in [7, 11) is 0. The maximum absolute atomic E-state index is 11.0. The zero-order chi connectivity index (χ0) is 15.6. The highest BCUT2D eigenvalue weighted by Gasteiger charge is 2.17. The first kappa shape index (κ1) is 15.5. The van der Waals surface area contributed by atoms with Crippen LogP contribution in [0.2, 0.25) is 10.0 Å². The Bertz CT molecular complexity index is 698. The van der Waals surface area contributed by atoms with Crippen LogP contribution in [0, 0.1) is 0 Å². The predicted octanol–water partition coefficient (Wildman–Crippen LogP) is 3.89. The standard InChI is InChI=1S/C15H12Cl2O4/c16-9-3-1-8(12(17)7-9)2-4-10-13(18)6-5-11(14(10)19)15(20)21/h1,3,5-7,18-19H,2,4H2,(H,20,21). The van der Waals surface area contributed by atoms with E-state index in [1.165, 1.54) is 6.07 Å². The number of aromatic hydroxyl groups is 2. The normalized spacial score (nSPS) is 10.6. The van der Waals surface area contributed by atoms with Crippen molar-refractivity contribution < 1.29 is 20.1 Å². The molecule has 2 rings (SSSR count). The van der Waals surface area contributed by atoms with Crippen molar-refractivity contribution in [2.75, 3.05) is 0 Å². The summed E-state index contributed by atoms with van der Waals surface area (Å²) in [5.41, 5.74) is 0.728. The average Bonchev–Trinajstić information content (AvgIpc) is 2.40. The minimum atomic E-state index is -1.25. The molecule has 4 nitrogen and oxygen atoms in total. The van der Waals surface area contributed by atoms with Crippen molar-refractivity contribution in [1.29, 1.82) is 0 Å². The van der Waals surface area contributed by atoms with Gasteiger partial charge in [-0.1, -0.05) is 29.3 Å². The smallest absolute Gasteiger partial charge is 0.339 e. The van der Waals surface area contributed by atoms with Gasteiger partial charge in [-0.2, -0.15) is 0 Å². The van der Waals surface area contributed by atoms with E-state index in [0.29, 0.717) is 16.5 Å². The molecule has 0 saturated carbocycles. The maximum Gasteiger partial charge on any atom is 0.339 e. The van der Waals surface area contributed by atoms with Crippen LogP contribution in [0.25, 0.3) is 0 Å². The Morgan fingerprint density at radius 2 is 1.76 bits per heavy atom. The van der Waals surface area contributed by atoms with Crippen LogP contribution in [0.15, 0.2) is 30.3 Å². The van der Waals surface area contributed by atoms with Gasteiger partial charge in [0.15, 0.2) is 0 Å². The molecule has 0 amide bonds. The third-order valence-electron chi connectivity index (χ3n) is 3.15. The van der Waals surface area contributed by atoms with Gasteiger partial charge < -0.3 is 15.3 Å². The molecule has 2 aromatic rings. The Hall–Kier alpha value is -1.91. The molecule has 0 atom stereocenters. The monoisotopic (exact) mass is 326 g/mol. The summed E-state index contributed by atoms with van der Waals surface area (Å²) in [6.45, 7) is 0. The van der Waals surface area contributed by atoms with E-state index in [-0.39, 0.29) is 23.3 Å². The molecule has 0 bridgehead atoms. The highest BCUT2D eigenvalue weighted by Crippen LogP contribution is 2.32. The van der Waals surface area contributed by atoms with Crippen LogP contribution < -0.4 is 0 Å². The SMILES string of the molecule is O=C(O)c1ccc(O)c(CCc2ccc(Cl)cc2Cl)c1O. The van der Waals surface area contributed by atoms with E-state index < -0.39 is 11.7 Å². The third-order valence-corrected chi connectivity index (χ3v) is 3.73. The molecular weight excluding hydrogens is 315 g/mol. The van der Waals surface area contributed by atoms with E-state index in [0.717, 1.165) is 11.6 Å². The first-order valence-corrected chi connectivity index (χ1v) is 6.86. The topological polar surface area (TPSA) is 77.8 Å². The van der Waals surface area contributed by atoms with E-state index in [1.54, 1.807) is 18.2 Å². The lowest BCUT2D eigenvalue weighted by Gasteiger charge is -2.10. The molecule has 0 aliphatic rings. The zero-order valence-electron chi connectivity index (χ0n) is 10.8. The molecule has 3 N–H and O–H groups in total. The summed E-state index contributed by atoms with van der Waals surface area (Å²) in [5, 5.41) is 29.7. The molecule has 2 aromatic carbocycles. The number of halogens is 2. The van der Waals surface area contributed by atoms with Gasteiger partial charge in [0, 0.05) is 15.6 Å². The molecule has 21 heavy (non-hydrogen) atoms. The van der Waals surface area contributed by atoms with E-state index in [9.17, 15) is 15.0 Å². The number of phenolic OH excluding ortho intramolecular Hbond substituents is 1. The lowest BCUT2D eigenvalue weighted by Crippen LogP contribution is -2.01. The third kappa shape index (κ3) is 3.40. The van der Waals surface area contributed by atoms with Gasteiger partial charge in [0.25, 0.3) is 0 Å². The number of carboxylic acids is 1. The molecule has 0 fully saturated rings. The van der Waals surface area contributed by atoms with Gasteiger partial charge in [-0.15, -0.1) is 0 Å². The van der Waals surface area contributed by atoms with Crippen LogP contribution >= 0.6 is 23.2 Å². The highest BCUT2D eigenvalue weighted by molar-refractivity contribution is 6.35. The molecule has 0 aliphatic carbocycles. The van der Waals surface area contributed by atoms with Crippen LogP contribution in [0.1, 0.15) is 21.5 Å². The molecule has 0 unspecified atom stereocenters. The summed E-state index contributed by atoms with van der Waals surface area (Å²) in [4.78, 5) is 11.0. The average molecular weight is 327 g/mol. The fourth-order valence-corrected chi connectivity index (χ4v) is 2.53. The molecular formula is C15H12Cl2O4. The van der Waals surface area contributed by atoms with Crippen molar-refractivity contribution in [3.05, 3.63) is 57.1 Å². The van der Waals surface area contributed by atoms with Gasteiger partial charge in [-0.05, 0) is 42.7 Å². The van der Waals surface area contributed by atoms with Crippen molar-refractivity contribution in [3.63, 3.8) is 0 Å². The second-order valence-corrected chi connectivity index (χ2v) is 5.34. The van der Waals surface area contributed by atoms with E-state index >= 15 is 0 Å². The molecule has 0 spiro atoms. The van der Waals surface area contributed by atoms with Crippen molar-refractivity contribution in [1.82, 2.24) is 0 Å². The summed E-state index contributed by atoms with van der Waals surface area (Å²) < 4.78 is 0. The van der Waals surface area contributed by atoms with Gasteiger partial charge >= 0.3 is 5.97 Å². The number of phenols is 2. The van der Waals surface area contributed by atoms with Crippen LogP contribution in [-0.2, 0) is 12.8 Å². The lowest BCUT2D eigenvalue weighted by molar-refractivity contribution is 0.0693. The zero-order valence-corrected chi connectivity index (χ0v) is 12.3. The molecule has 110 valence electrons. The summed E-state index contributed by atoms with van der Waals surface area (Å²) in [6.07, 6.45) is 0.681. The summed E-state index contributed by atoms with van der Waals surface area (Å²) in [5.74, 6) is -1.83. The van der Waals surface area contributed by atoms with Crippen LogP contribution in [0.5, 0.6) is 11.5 Å². The first-order chi connectivity index (χ1) is 9.90. The highest BCUT2D eigenvalue weighted by atomic mass is 35.5. The minimum Gasteiger partial charge on any atom is -0.508 e. The van der Waals surface area contributed by atoms with Crippen molar-refractivity contribution in [3.8, 4) is 11.5 Å². The van der Waals surface area contributed by atoms with Gasteiger partial charge in [0.05, 0.1) is 0 Å². The molecule has 0 saturated heterocycles. The molecule has 0 aromatic heterocycles. The van der Waals surface area contributed by atoms with Crippen LogP contribution in [0.3, 0.4) is 0 Å². The Labute approximate surface area is 131 Å². The predicted molar refractivity (Wildman–Crippen MR) is 80.6 cm³/mol. The first-order valence-electron chi connectivity index (χ1n) is 6.11. The van der Waals surface area contributed by atoms with E-state index in [1.807, 2.05) is 0 Å². The Balaban J connectivity index is 2.27. The summed E-state index contributed by atoms with van der Waals surface area (Å²) in [6, 6.07) is 7.45. The number of carbonyl (C=O) groups is 1. The lowest BCUT2D eigenvalue weighted by atomic mass is 10.00. The Kier molecular flexibility index (Phi) is 4.60. The molecule has 0 radical (unpaired) electrons. The number of hydrogen-bond donors (Lipinski definition) is 3. The Morgan fingerprint density at radius 1 is 1.05 bits per heavy atom. The van der Waals surface area contributed by atoms with Gasteiger partial charge in [-0.25, -0.2) is 4.79 Å². The maximum atomic E-state index is 11.0. The second kappa shape index (κ2) is 6.24. The molecule has 0 heterocycles. The number of aromatic carboxylic acids is 1. The van der Waals surface area contributed by atoms with Crippen LogP contribution in [-0.4, -0.2) is 21.3 Å². The number of benzene rings is 2. The van der Waals surface area contributed by atoms with Crippen molar-refractivity contribution in [2.45, 2.75) is 12.8 Å². The van der Waals surface area contributed by atoms with Gasteiger partial charge in [-0.3, -0.25) is 0 Å². The second-order valence-electron chi connectivity index (χ2n) is 4.50. The number of hydrogen-bond acceptors (Lipinski definition) is 3. The quantitative estimate of drug-likeness (QED) is 0.796. The number of aryl methyl sites for hydroxylation is 1. The number of carboxylic acid groups (broad SMARTS) is 1. The molecule has 6 heteroatoms. The fourth-order valence-electron chi connectivity index (χ4n) is 2.03. The van der Waals surface area contributed by atoms with E-state index in [2.05, 4.69) is 0 Å². The van der Waals surface area contributed by atoms with Gasteiger partial charge in [0.1, 0.15) is 17.1 Å². The number of rotatable bonds is 4. The summed E-state index contributed by atoms with van der Waals surface area (Å²) >= 11 is 11.9. The fraction of sp³-hybridized carbons (Fsp3) is 0.133. The van der Waals surface area contributed by atoms with Crippen molar-refractivity contribution >= 4 is 29.2 Å². The van der Waals surface area contributed by atoms with E-state index in [4.69, 9.17) is 28.3 Å². The Morgan fingerprint density at radius 3 is 2.38 bits per heavy atom. The van der Waals surface area contributed by atoms with Crippen molar-refractivity contribution in [2.24, 2.45) is 0 Å². The van der Waals surface area contributed by atoms with Crippen LogP contribution in [0.4, 0.5) is 0 Å².